The zero-order valence-electron chi connectivity index (χ0n) is 9.95. The molecule has 0 unspecified atom stereocenters. The fraction of sp³-hybridized carbons (Fsp3) is 0.333. The summed E-state index contributed by atoms with van der Waals surface area (Å²) in [7, 11) is 0. The van der Waals surface area contributed by atoms with Crippen LogP contribution in [-0.2, 0) is 16.0 Å². The number of carbonyl (C=O) groups excluding carboxylic acids is 1. The molecule has 0 aliphatic rings. The minimum absolute atomic E-state index is 0.0960. The van der Waals surface area contributed by atoms with E-state index in [1.807, 2.05) is 6.07 Å². The predicted molar refractivity (Wildman–Crippen MR) is 70.8 cm³/mol. The van der Waals surface area contributed by atoms with Gasteiger partial charge in [-0.05, 0) is 47.2 Å². The van der Waals surface area contributed by atoms with Crippen LogP contribution in [0.15, 0.2) is 12.1 Å². The quantitative estimate of drug-likeness (QED) is 0.582. The maximum absolute atomic E-state index is 12.3. The second-order valence-corrected chi connectivity index (χ2v) is 4.50. The van der Waals surface area contributed by atoms with Gasteiger partial charge >= 0.3 is 12.6 Å². The lowest BCUT2D eigenvalue weighted by molar-refractivity contribution is -0.142. The van der Waals surface area contributed by atoms with Crippen molar-refractivity contribution in [3.8, 4) is 11.8 Å². The van der Waals surface area contributed by atoms with E-state index < -0.39 is 12.6 Å². The van der Waals surface area contributed by atoms with Gasteiger partial charge in [0.2, 0.25) is 0 Å². The third-order valence-electron chi connectivity index (χ3n) is 2.10. The number of ether oxygens (including phenoxy) is 2. The van der Waals surface area contributed by atoms with Crippen molar-refractivity contribution in [2.75, 3.05) is 6.61 Å². The molecule has 0 radical (unpaired) electrons. The Morgan fingerprint density at radius 2 is 2.21 bits per heavy atom. The summed E-state index contributed by atoms with van der Waals surface area (Å²) >= 11 is 1.79. The molecule has 19 heavy (non-hydrogen) atoms. The Balaban J connectivity index is 3.09. The molecular weight excluding hydrogens is 371 g/mol. The van der Waals surface area contributed by atoms with Crippen molar-refractivity contribution in [2.45, 2.75) is 20.0 Å². The summed E-state index contributed by atoms with van der Waals surface area (Å²) < 4.78 is 34.0. The molecule has 0 aromatic heterocycles. The number of hydrogen-bond acceptors (Lipinski definition) is 4. The van der Waals surface area contributed by atoms with Crippen molar-refractivity contribution >= 4 is 28.6 Å². The summed E-state index contributed by atoms with van der Waals surface area (Å²) in [6.07, 6.45) is -0.0960. The average molecular weight is 381 g/mol. The fourth-order valence-corrected chi connectivity index (χ4v) is 2.03. The lowest BCUT2D eigenvalue weighted by atomic mass is 10.1. The first-order chi connectivity index (χ1) is 8.97. The number of benzene rings is 1. The van der Waals surface area contributed by atoms with Crippen LogP contribution in [0.4, 0.5) is 8.78 Å². The minimum atomic E-state index is -2.99. The van der Waals surface area contributed by atoms with E-state index >= 15 is 0 Å². The number of carbonyl (C=O) groups is 1. The molecule has 0 saturated heterocycles. The highest BCUT2D eigenvalue weighted by atomic mass is 127. The van der Waals surface area contributed by atoms with Crippen molar-refractivity contribution in [2.24, 2.45) is 0 Å². The third kappa shape index (κ3) is 4.63. The Morgan fingerprint density at radius 1 is 1.53 bits per heavy atom. The second-order valence-electron chi connectivity index (χ2n) is 3.42. The van der Waals surface area contributed by atoms with Crippen LogP contribution in [0.25, 0.3) is 0 Å². The number of alkyl halides is 2. The second kappa shape index (κ2) is 7.23. The van der Waals surface area contributed by atoms with E-state index in [4.69, 9.17) is 10.00 Å². The van der Waals surface area contributed by atoms with Crippen LogP contribution in [0.3, 0.4) is 0 Å². The minimum Gasteiger partial charge on any atom is -0.466 e. The van der Waals surface area contributed by atoms with Crippen LogP contribution in [0.2, 0.25) is 0 Å². The van der Waals surface area contributed by atoms with Gasteiger partial charge in [0.1, 0.15) is 5.75 Å². The summed E-state index contributed by atoms with van der Waals surface area (Å²) in [5.74, 6) is -0.604. The van der Waals surface area contributed by atoms with E-state index in [-0.39, 0.29) is 24.3 Å². The number of hydrogen-bond donors (Lipinski definition) is 0. The van der Waals surface area contributed by atoms with E-state index in [0.29, 0.717) is 9.13 Å². The normalized spacial score (nSPS) is 10.1. The molecule has 4 nitrogen and oxygen atoms in total. The molecule has 0 saturated carbocycles. The van der Waals surface area contributed by atoms with Crippen LogP contribution in [0.1, 0.15) is 18.1 Å². The van der Waals surface area contributed by atoms with Crippen LogP contribution >= 0.6 is 22.6 Å². The Hall–Kier alpha value is -1.43. The van der Waals surface area contributed by atoms with Crippen LogP contribution in [0.5, 0.6) is 5.75 Å². The maximum Gasteiger partial charge on any atom is 0.387 e. The lowest BCUT2D eigenvalue weighted by Gasteiger charge is -2.11. The summed E-state index contributed by atoms with van der Waals surface area (Å²) in [6.45, 7) is -1.09. The van der Waals surface area contributed by atoms with Gasteiger partial charge in [-0.25, -0.2) is 0 Å². The van der Waals surface area contributed by atoms with Crippen LogP contribution in [-0.4, -0.2) is 19.2 Å². The van der Waals surface area contributed by atoms with Gasteiger partial charge in [0.15, 0.2) is 0 Å². The highest BCUT2D eigenvalue weighted by Gasteiger charge is 2.16. The predicted octanol–water partition coefficient (Wildman–Crippen LogP) is 2.87. The third-order valence-corrected chi connectivity index (χ3v) is 3.32. The van der Waals surface area contributed by atoms with E-state index in [1.165, 1.54) is 12.1 Å². The van der Waals surface area contributed by atoms with Crippen molar-refractivity contribution < 1.29 is 23.0 Å². The van der Waals surface area contributed by atoms with Gasteiger partial charge in [0, 0.05) is 0 Å². The molecular formula is C12H10F2INO3. The van der Waals surface area contributed by atoms with Crippen molar-refractivity contribution in [3.63, 3.8) is 0 Å². The number of nitrogens with zero attached hydrogens (tertiary/aromatic N) is 1. The standard InChI is InChI=1S/C12H10F2INO3/c1-2-18-10(17)5-8-3-7(6-16)4-9(11(8)15)19-12(13)14/h3-4,12H,2,5H2,1H3. The molecule has 0 aliphatic carbocycles. The fourth-order valence-electron chi connectivity index (χ4n) is 1.40. The Morgan fingerprint density at radius 3 is 2.74 bits per heavy atom. The molecule has 0 atom stereocenters. The molecule has 0 fully saturated rings. The SMILES string of the molecule is CCOC(=O)Cc1cc(C#N)cc(OC(F)F)c1I. The molecule has 0 bridgehead atoms. The zero-order valence-corrected chi connectivity index (χ0v) is 12.1. The van der Waals surface area contributed by atoms with Gasteiger partial charge in [-0.3, -0.25) is 4.79 Å². The van der Waals surface area contributed by atoms with Crippen LogP contribution in [0, 0.1) is 14.9 Å². The monoisotopic (exact) mass is 381 g/mol. The molecule has 0 heterocycles. The molecule has 1 rings (SSSR count). The van der Waals surface area contributed by atoms with E-state index in [0.717, 1.165) is 0 Å². The zero-order chi connectivity index (χ0) is 14.4. The Kier molecular flexibility index (Phi) is 5.95. The molecule has 1 aromatic rings. The Labute approximate surface area is 122 Å². The van der Waals surface area contributed by atoms with Crippen molar-refractivity contribution in [3.05, 3.63) is 26.8 Å². The molecule has 0 spiro atoms. The van der Waals surface area contributed by atoms with E-state index in [9.17, 15) is 13.6 Å². The molecule has 102 valence electrons. The van der Waals surface area contributed by atoms with Gasteiger partial charge < -0.3 is 9.47 Å². The van der Waals surface area contributed by atoms with Gasteiger partial charge in [-0.2, -0.15) is 14.0 Å². The van der Waals surface area contributed by atoms with Crippen LogP contribution < -0.4 is 4.74 Å². The van der Waals surface area contributed by atoms with E-state index in [1.54, 1.807) is 29.5 Å². The summed E-state index contributed by atoms with van der Waals surface area (Å²) in [5.41, 5.74) is 0.573. The number of nitriles is 1. The molecule has 0 N–H and O–H groups in total. The number of rotatable bonds is 5. The Bertz CT molecular complexity index is 514. The number of esters is 1. The largest absolute Gasteiger partial charge is 0.466 e. The molecule has 7 heteroatoms. The summed E-state index contributed by atoms with van der Waals surface area (Å²) in [6, 6.07) is 4.50. The molecule has 0 amide bonds. The average Bonchev–Trinajstić information content (AvgIpc) is 2.33. The van der Waals surface area contributed by atoms with Gasteiger partial charge in [0.25, 0.3) is 0 Å². The first-order valence-corrected chi connectivity index (χ1v) is 6.38. The summed E-state index contributed by atoms with van der Waals surface area (Å²) in [5, 5.41) is 8.84. The summed E-state index contributed by atoms with van der Waals surface area (Å²) in [4.78, 5) is 11.4. The molecule has 0 aliphatic heterocycles. The van der Waals surface area contributed by atoms with Gasteiger partial charge in [-0.15, -0.1) is 0 Å². The first-order valence-electron chi connectivity index (χ1n) is 5.30. The van der Waals surface area contributed by atoms with Gasteiger partial charge in [-0.1, -0.05) is 0 Å². The first kappa shape index (κ1) is 15.6. The number of halogens is 3. The van der Waals surface area contributed by atoms with Gasteiger partial charge in [0.05, 0.1) is 28.2 Å². The van der Waals surface area contributed by atoms with E-state index in [2.05, 4.69) is 4.74 Å². The molecule has 1 aromatic carbocycles. The highest BCUT2D eigenvalue weighted by molar-refractivity contribution is 14.1. The van der Waals surface area contributed by atoms with Crippen molar-refractivity contribution in [1.82, 2.24) is 0 Å². The highest BCUT2D eigenvalue weighted by Crippen LogP contribution is 2.28. The smallest absolute Gasteiger partial charge is 0.387 e. The van der Waals surface area contributed by atoms with Crippen molar-refractivity contribution in [1.29, 1.82) is 5.26 Å². The maximum atomic E-state index is 12.3. The lowest BCUT2D eigenvalue weighted by Crippen LogP contribution is -2.11. The topological polar surface area (TPSA) is 59.3 Å².